The van der Waals surface area contributed by atoms with Gasteiger partial charge >= 0.3 is 96.8 Å². The van der Waals surface area contributed by atoms with Crippen LogP contribution >= 0.6 is 0 Å². The van der Waals surface area contributed by atoms with Crippen molar-refractivity contribution in [3.8, 4) is 0 Å². The first-order valence-electron chi connectivity index (χ1n) is 13.3. The van der Waals surface area contributed by atoms with E-state index in [1.807, 2.05) is 0 Å². The summed E-state index contributed by atoms with van der Waals surface area (Å²) in [6.07, 6.45) is 0. The molecule has 44 heavy (non-hydrogen) atoms. The molecule has 0 aromatic heterocycles. The minimum atomic E-state index is -6.10. The fraction of sp³-hybridized carbons (Fsp3) is 0. The Bertz CT molecular complexity index is 1300. The van der Waals surface area contributed by atoms with E-state index in [4.69, 9.17) is 13.2 Å². The first-order valence-corrected chi connectivity index (χ1v) is 24.0. The maximum Gasteiger partial charge on any atom is 0.357 e. The fourth-order valence-corrected chi connectivity index (χ4v) is 10.1. The third-order valence-corrected chi connectivity index (χ3v) is 13.1. The molecule has 0 aliphatic rings. The molecule has 6 aromatic rings. The van der Waals surface area contributed by atoms with E-state index in [0.717, 1.165) is 0 Å². The zero-order valence-electron chi connectivity index (χ0n) is 23.5. The van der Waals surface area contributed by atoms with Gasteiger partial charge in [0.1, 0.15) is 0 Å². The van der Waals surface area contributed by atoms with E-state index in [2.05, 4.69) is 182 Å². The van der Waals surface area contributed by atoms with Gasteiger partial charge in [-0.15, -0.1) is 0 Å². The van der Waals surface area contributed by atoms with Gasteiger partial charge in [0.05, 0.1) is 0 Å². The van der Waals surface area contributed by atoms with Crippen molar-refractivity contribution < 1.29 is 76.8 Å². The molecule has 0 N–H and O–H groups in total. The second-order valence-corrected chi connectivity index (χ2v) is 20.1. The maximum absolute atomic E-state index is 8.64. The van der Waals surface area contributed by atoms with Gasteiger partial charge in [-0.25, -0.2) is 0 Å². The topological polar surface area (TPSA) is 86.2 Å². The van der Waals surface area contributed by atoms with Gasteiger partial charge in [0.2, 0.25) is 0 Å². The van der Waals surface area contributed by atoms with Crippen molar-refractivity contribution in [1.82, 2.24) is 0 Å². The van der Waals surface area contributed by atoms with Crippen molar-refractivity contribution in [3.05, 3.63) is 203 Å². The normalized spacial score (nSPS) is 10.1. The smallest absolute Gasteiger partial charge is 0.0619 e. The monoisotopic (exact) mass is 1030 g/mol. The third kappa shape index (κ3) is 18.1. The number of benzene rings is 6. The van der Waals surface area contributed by atoms with Gasteiger partial charge in [0.15, 0.2) is 21.4 Å². The zero-order chi connectivity index (χ0) is 31.3. The summed E-state index contributed by atoms with van der Waals surface area (Å²) in [7, 11) is 0. The number of hydrogen-bond donors (Lipinski definition) is 0. The Labute approximate surface area is 296 Å². The molecule has 0 amide bonds. The molecule has 0 aliphatic heterocycles. The van der Waals surface area contributed by atoms with Crippen LogP contribution in [0.5, 0.6) is 0 Å². The van der Waals surface area contributed by atoms with E-state index in [-0.39, 0.29) is 63.6 Å². The van der Waals surface area contributed by atoms with E-state index in [0.29, 0.717) is 0 Å². The molecular weight excluding hydrogens is 999 g/mol. The van der Waals surface area contributed by atoms with Gasteiger partial charge in [-0.1, -0.05) is 109 Å². The predicted molar refractivity (Wildman–Crippen MR) is 157 cm³/mol. The van der Waals surface area contributed by atoms with Gasteiger partial charge < -0.3 is 0 Å². The Morgan fingerprint density at radius 2 is 0.409 bits per heavy atom. The minimum Gasteiger partial charge on any atom is -0.0619 e. The summed E-state index contributed by atoms with van der Waals surface area (Å²) in [5.74, 6) is 0. The average molecular weight is 1030 g/mol. The zero-order valence-corrected chi connectivity index (χ0v) is 32.6. The van der Waals surface area contributed by atoms with Crippen LogP contribution in [0.1, 0.15) is 0 Å². The van der Waals surface area contributed by atoms with Crippen molar-refractivity contribution in [2.24, 2.45) is 0 Å². The van der Waals surface area contributed by atoms with Crippen LogP contribution in [0.4, 0.5) is 0 Å². The minimum absolute atomic E-state index is 0.0287. The van der Waals surface area contributed by atoms with Crippen molar-refractivity contribution in [2.45, 2.75) is 0 Å². The molecular formula is C36H30I3O4Sb. The molecule has 0 spiro atoms. The summed E-state index contributed by atoms with van der Waals surface area (Å²) < 4.78 is 43.4. The van der Waals surface area contributed by atoms with Gasteiger partial charge in [-0.05, 0) is 72.8 Å². The van der Waals surface area contributed by atoms with Crippen LogP contribution < -0.4 is 73.8 Å². The molecule has 6 aromatic carbocycles. The summed E-state index contributed by atoms with van der Waals surface area (Å²) in [4.78, 5) is 0. The van der Waals surface area contributed by atoms with Crippen LogP contribution in [0.25, 0.3) is 0 Å². The molecule has 0 saturated carbocycles. The van der Waals surface area contributed by atoms with E-state index in [9.17, 15) is 0 Å². The van der Waals surface area contributed by atoms with E-state index < -0.39 is 20.1 Å². The molecule has 0 unspecified atom stereocenters. The molecule has 0 radical (unpaired) electrons. The summed E-state index contributed by atoms with van der Waals surface area (Å²) in [5.41, 5.74) is 0. The molecule has 0 atom stereocenters. The molecule has 0 heterocycles. The van der Waals surface area contributed by atoms with Gasteiger partial charge in [-0.2, -0.15) is 0 Å². The summed E-state index contributed by atoms with van der Waals surface area (Å²) in [5, 5.41) is 0. The Kier molecular flexibility index (Phi) is 18.0. The van der Waals surface area contributed by atoms with Crippen molar-refractivity contribution in [2.75, 3.05) is 0 Å². The van der Waals surface area contributed by atoms with Crippen LogP contribution in [-0.4, -0.2) is 20.1 Å². The average Bonchev–Trinajstić information content (AvgIpc) is 3.04. The number of hydrogen-bond acceptors (Lipinski definition) is 4. The quantitative estimate of drug-likeness (QED) is 0.124. The van der Waals surface area contributed by atoms with Gasteiger partial charge in [0, 0.05) is 0 Å². The van der Waals surface area contributed by atoms with Crippen LogP contribution in [0.15, 0.2) is 182 Å². The number of rotatable bonds is 6. The van der Waals surface area contributed by atoms with Crippen molar-refractivity contribution >= 4 is 20.1 Å². The van der Waals surface area contributed by atoms with Gasteiger partial charge in [-0.3, -0.25) is 0 Å². The van der Waals surface area contributed by atoms with Crippen LogP contribution in [0.3, 0.4) is 0 Å². The second kappa shape index (κ2) is 21.7. The van der Waals surface area contributed by atoms with Gasteiger partial charge in [0.25, 0.3) is 0 Å². The summed E-state index contributed by atoms with van der Waals surface area (Å²) in [6, 6.07) is 64.2. The van der Waals surface area contributed by atoms with Crippen LogP contribution in [0.2, 0.25) is 0 Å². The Morgan fingerprint density at radius 1 is 0.295 bits per heavy atom. The molecule has 0 aliphatic carbocycles. The standard InChI is InChI=1S/3C12H10I.4O.Sb/c3*1-3-7-11(8-4-1)13-12-9-5-2-6-10-12;;;;;/h3*1-10H;;;;;/q3*+1;;3*-1;. The Balaban J connectivity index is 0.000000168. The molecule has 0 fully saturated rings. The Morgan fingerprint density at radius 3 is 0.523 bits per heavy atom. The first-order chi connectivity index (χ1) is 21.3. The van der Waals surface area contributed by atoms with E-state index in [1.54, 1.807) is 0 Å². The SMILES string of the molecule is [O]=[Sb]([O-])([O-])[O-].c1ccc([I+]c2ccccc2)cc1.c1ccc([I+]c2ccccc2)cc1.c1ccc([I+]c2ccccc2)cc1. The fourth-order valence-electron chi connectivity index (χ4n) is 3.24. The molecule has 6 rings (SSSR count). The molecule has 224 valence electrons. The van der Waals surface area contributed by atoms with Crippen molar-refractivity contribution in [1.29, 1.82) is 0 Å². The maximum atomic E-state index is 8.64. The predicted octanol–water partition coefficient (Wildman–Crippen LogP) is -4.62. The molecule has 4 nitrogen and oxygen atoms in total. The van der Waals surface area contributed by atoms with Crippen molar-refractivity contribution in [3.63, 3.8) is 0 Å². The first kappa shape index (κ1) is 36.5. The van der Waals surface area contributed by atoms with Crippen LogP contribution in [0, 0.1) is 21.4 Å². The second-order valence-electron chi connectivity index (χ2n) is 8.50. The third-order valence-electron chi connectivity index (χ3n) is 5.05. The van der Waals surface area contributed by atoms with E-state index >= 15 is 0 Å². The van der Waals surface area contributed by atoms with E-state index in [1.165, 1.54) is 21.4 Å². The number of halogens is 3. The largest absolute Gasteiger partial charge is 0.357 e. The van der Waals surface area contributed by atoms with Crippen LogP contribution in [-0.2, 0) is 3.02 Å². The Hall–Kier alpha value is -1.99. The molecule has 0 bridgehead atoms. The summed E-state index contributed by atoms with van der Waals surface area (Å²) in [6.45, 7) is 0. The summed E-state index contributed by atoms with van der Waals surface area (Å²) >= 11 is -6.01. The molecule has 8 heteroatoms. The molecule has 0 saturated heterocycles.